The average Bonchev–Trinajstić information content (AvgIpc) is 2.89. The Kier molecular flexibility index (Phi) is 4.94. The number of anilines is 1. The van der Waals surface area contributed by atoms with E-state index in [1.165, 1.54) is 0 Å². The summed E-state index contributed by atoms with van der Waals surface area (Å²) < 4.78 is 0. The number of benzene rings is 1. The van der Waals surface area contributed by atoms with Gasteiger partial charge in [0.2, 0.25) is 5.91 Å². The van der Waals surface area contributed by atoms with Gasteiger partial charge in [-0.15, -0.1) is 11.3 Å². The minimum atomic E-state index is 0.00153. The molecule has 0 aliphatic carbocycles. The molecule has 6 heteroatoms. The molecule has 3 rings (SSSR count). The van der Waals surface area contributed by atoms with Gasteiger partial charge in [-0.3, -0.25) is 9.59 Å². The summed E-state index contributed by atoms with van der Waals surface area (Å²) in [6.07, 6.45) is 2.93. The van der Waals surface area contributed by atoms with E-state index in [1.807, 2.05) is 31.5 Å². The Balaban J connectivity index is 1.68. The molecule has 1 aliphatic heterocycles. The van der Waals surface area contributed by atoms with E-state index in [4.69, 9.17) is 0 Å². The fraction of sp³-hybridized carbons (Fsp3) is 0.389. The lowest BCUT2D eigenvalue weighted by molar-refractivity contribution is -0.116. The first-order valence-corrected chi connectivity index (χ1v) is 9.00. The van der Waals surface area contributed by atoms with Crippen LogP contribution in [0, 0.1) is 6.92 Å². The van der Waals surface area contributed by atoms with Crippen LogP contribution in [0.2, 0.25) is 0 Å². The van der Waals surface area contributed by atoms with Gasteiger partial charge in [0.25, 0.3) is 5.91 Å². The molecule has 0 fully saturated rings. The van der Waals surface area contributed by atoms with Gasteiger partial charge in [0.05, 0.1) is 5.01 Å². The summed E-state index contributed by atoms with van der Waals surface area (Å²) in [5, 5.41) is 5.97. The topological polar surface area (TPSA) is 62.3 Å². The molecule has 0 saturated heterocycles. The van der Waals surface area contributed by atoms with Crippen molar-refractivity contribution in [1.29, 1.82) is 0 Å². The van der Waals surface area contributed by atoms with Gasteiger partial charge in [-0.05, 0) is 43.5 Å². The third-order valence-corrected chi connectivity index (χ3v) is 5.18. The summed E-state index contributed by atoms with van der Waals surface area (Å²) >= 11 is 1.63. The zero-order chi connectivity index (χ0) is 17.1. The largest absolute Gasteiger partial charge is 0.341 e. The van der Waals surface area contributed by atoms with E-state index in [2.05, 4.69) is 10.3 Å². The fourth-order valence-electron chi connectivity index (χ4n) is 2.81. The second-order valence-corrected chi connectivity index (χ2v) is 7.08. The predicted molar refractivity (Wildman–Crippen MR) is 95.5 cm³/mol. The molecule has 0 saturated carbocycles. The van der Waals surface area contributed by atoms with Crippen LogP contribution in [0.5, 0.6) is 0 Å². The highest BCUT2D eigenvalue weighted by Gasteiger charge is 2.17. The van der Waals surface area contributed by atoms with Crippen LogP contribution in [-0.2, 0) is 17.6 Å². The van der Waals surface area contributed by atoms with Gasteiger partial charge in [-0.1, -0.05) is 0 Å². The Morgan fingerprint density at radius 3 is 2.96 bits per heavy atom. The number of aromatic nitrogens is 1. The molecule has 1 aromatic carbocycles. The van der Waals surface area contributed by atoms with Gasteiger partial charge in [0.1, 0.15) is 0 Å². The number of hydrogen-bond donors (Lipinski definition) is 1. The van der Waals surface area contributed by atoms with Gasteiger partial charge >= 0.3 is 0 Å². The molecule has 0 bridgehead atoms. The van der Waals surface area contributed by atoms with E-state index in [1.54, 1.807) is 22.3 Å². The lowest BCUT2D eigenvalue weighted by atomic mass is 10.0. The molecule has 1 aromatic heterocycles. The molecule has 5 nitrogen and oxygen atoms in total. The van der Waals surface area contributed by atoms with Gasteiger partial charge in [0.15, 0.2) is 0 Å². The molecule has 0 atom stereocenters. The highest BCUT2D eigenvalue weighted by atomic mass is 32.1. The van der Waals surface area contributed by atoms with Crippen molar-refractivity contribution < 1.29 is 9.59 Å². The Bertz CT molecular complexity index is 769. The van der Waals surface area contributed by atoms with Crippen LogP contribution in [0.15, 0.2) is 23.6 Å². The molecular weight excluding hydrogens is 322 g/mol. The lowest BCUT2D eigenvalue weighted by Crippen LogP contribution is -2.29. The maximum atomic E-state index is 12.6. The first-order valence-electron chi connectivity index (χ1n) is 8.12. The van der Waals surface area contributed by atoms with Crippen LogP contribution in [0.3, 0.4) is 0 Å². The Labute approximate surface area is 145 Å². The minimum Gasteiger partial charge on any atom is -0.341 e. The number of thiazole rings is 1. The van der Waals surface area contributed by atoms with Crippen molar-refractivity contribution in [2.24, 2.45) is 0 Å². The molecule has 0 radical (unpaired) electrons. The first-order chi connectivity index (χ1) is 11.5. The lowest BCUT2D eigenvalue weighted by Gasteiger charge is -2.17. The van der Waals surface area contributed by atoms with Crippen LogP contribution in [0.25, 0.3) is 0 Å². The van der Waals surface area contributed by atoms with Crippen molar-refractivity contribution in [2.45, 2.75) is 32.6 Å². The number of rotatable bonds is 4. The highest BCUT2D eigenvalue weighted by Crippen LogP contribution is 2.23. The van der Waals surface area contributed by atoms with Crippen LogP contribution < -0.4 is 5.32 Å². The molecular formula is C18H21N3O2S. The van der Waals surface area contributed by atoms with Crippen LogP contribution in [0.1, 0.15) is 39.5 Å². The van der Waals surface area contributed by atoms with Crippen molar-refractivity contribution >= 4 is 28.8 Å². The van der Waals surface area contributed by atoms with Crippen LogP contribution in [-0.4, -0.2) is 35.3 Å². The molecule has 126 valence electrons. The summed E-state index contributed by atoms with van der Waals surface area (Å²) in [5.74, 6) is 0.0466. The van der Waals surface area contributed by atoms with Crippen molar-refractivity contribution in [3.8, 4) is 0 Å². The number of nitrogens with zero attached hydrogens (tertiary/aromatic N) is 2. The van der Waals surface area contributed by atoms with E-state index >= 15 is 0 Å². The number of fused-ring (bicyclic) bond motifs is 1. The zero-order valence-corrected chi connectivity index (χ0v) is 14.8. The van der Waals surface area contributed by atoms with E-state index in [9.17, 15) is 9.59 Å². The quantitative estimate of drug-likeness (QED) is 0.928. The number of aryl methyl sites for hydroxylation is 2. The molecule has 1 N–H and O–H groups in total. The molecule has 0 spiro atoms. The Morgan fingerprint density at radius 2 is 2.21 bits per heavy atom. The third kappa shape index (κ3) is 3.82. The van der Waals surface area contributed by atoms with E-state index < -0.39 is 0 Å². The van der Waals surface area contributed by atoms with Gasteiger partial charge in [-0.25, -0.2) is 4.98 Å². The monoisotopic (exact) mass is 343 g/mol. The second kappa shape index (κ2) is 7.13. The van der Waals surface area contributed by atoms with Crippen molar-refractivity contribution in [3.63, 3.8) is 0 Å². The fourth-order valence-corrected chi connectivity index (χ4v) is 3.58. The molecule has 24 heavy (non-hydrogen) atoms. The Hall–Kier alpha value is -2.21. The van der Waals surface area contributed by atoms with Gasteiger partial charge in [-0.2, -0.15) is 0 Å². The summed E-state index contributed by atoms with van der Waals surface area (Å²) in [7, 11) is 1.82. The van der Waals surface area contributed by atoms with E-state index in [-0.39, 0.29) is 11.8 Å². The molecule has 0 unspecified atom stereocenters. The normalized spacial score (nSPS) is 13.8. The molecule has 2 heterocycles. The van der Waals surface area contributed by atoms with Gasteiger partial charge in [0, 0.05) is 48.8 Å². The summed E-state index contributed by atoms with van der Waals surface area (Å²) in [4.78, 5) is 30.4. The second-order valence-electron chi connectivity index (χ2n) is 6.13. The standard InChI is InChI=1S/C18H21N3O2S/c1-12-11-24-17(19-12)8-9-21(2)18(23)14-6-7-15-13(10-14)4-3-5-16(22)20-15/h6-7,10-11H,3-5,8-9H2,1-2H3,(H,20,22). The third-order valence-electron chi connectivity index (χ3n) is 4.15. The number of carbonyl (C=O) groups is 2. The SMILES string of the molecule is Cc1csc(CCN(C)C(=O)c2ccc3c(c2)CCCC(=O)N3)n1. The van der Waals surface area contributed by atoms with Crippen LogP contribution in [0.4, 0.5) is 5.69 Å². The van der Waals surface area contributed by atoms with E-state index in [0.29, 0.717) is 18.5 Å². The molecule has 1 aliphatic rings. The molecule has 2 aromatic rings. The number of likely N-dealkylation sites (N-methyl/N-ethyl adjacent to an activating group) is 1. The maximum Gasteiger partial charge on any atom is 0.253 e. The van der Waals surface area contributed by atoms with Crippen LogP contribution >= 0.6 is 11.3 Å². The number of amides is 2. The zero-order valence-electron chi connectivity index (χ0n) is 14.0. The Morgan fingerprint density at radius 1 is 1.38 bits per heavy atom. The summed E-state index contributed by atoms with van der Waals surface area (Å²) in [6, 6.07) is 5.54. The van der Waals surface area contributed by atoms with Gasteiger partial charge < -0.3 is 10.2 Å². The van der Waals surface area contributed by atoms with Crippen molar-refractivity contribution in [1.82, 2.24) is 9.88 Å². The van der Waals surface area contributed by atoms with Crippen molar-refractivity contribution in [3.05, 3.63) is 45.4 Å². The predicted octanol–water partition coefficient (Wildman–Crippen LogP) is 3.04. The average molecular weight is 343 g/mol. The highest BCUT2D eigenvalue weighted by molar-refractivity contribution is 7.09. The maximum absolute atomic E-state index is 12.6. The first kappa shape index (κ1) is 16.6. The number of carbonyl (C=O) groups excluding carboxylic acids is 2. The number of hydrogen-bond acceptors (Lipinski definition) is 4. The van der Waals surface area contributed by atoms with E-state index in [0.717, 1.165) is 41.2 Å². The smallest absolute Gasteiger partial charge is 0.253 e. The summed E-state index contributed by atoms with van der Waals surface area (Å²) in [5.41, 5.74) is 3.56. The minimum absolute atomic E-state index is 0.00153. The number of nitrogens with one attached hydrogen (secondary N) is 1. The summed E-state index contributed by atoms with van der Waals surface area (Å²) in [6.45, 7) is 2.61. The van der Waals surface area contributed by atoms with Crippen molar-refractivity contribution in [2.75, 3.05) is 18.9 Å². The molecule has 2 amide bonds.